The number of nitrogens with one attached hydrogen (secondary N) is 3. The molecule has 0 unspecified atom stereocenters. The summed E-state index contributed by atoms with van der Waals surface area (Å²) in [6, 6.07) is 3.47. The fourth-order valence-corrected chi connectivity index (χ4v) is 3.11. The van der Waals surface area contributed by atoms with Crippen molar-refractivity contribution in [1.82, 2.24) is 20.7 Å². The van der Waals surface area contributed by atoms with Gasteiger partial charge < -0.3 is 19.9 Å². The van der Waals surface area contributed by atoms with E-state index in [0.717, 1.165) is 25.0 Å². The molecule has 2 amide bonds. The lowest BCUT2D eigenvalue weighted by Crippen LogP contribution is -2.42. The van der Waals surface area contributed by atoms with Crippen LogP contribution in [0.3, 0.4) is 0 Å². The molecule has 2 aromatic rings. The Labute approximate surface area is 157 Å². The number of anilines is 1. The summed E-state index contributed by atoms with van der Waals surface area (Å²) < 4.78 is 10.2. The van der Waals surface area contributed by atoms with Crippen molar-refractivity contribution in [2.45, 2.75) is 64.0 Å². The largest absolute Gasteiger partial charge is 0.446 e. The predicted molar refractivity (Wildman–Crippen MR) is 97.2 cm³/mol. The molecular formula is C18H25N5O4. The zero-order chi connectivity index (χ0) is 19.4. The van der Waals surface area contributed by atoms with Crippen molar-refractivity contribution in [3.05, 3.63) is 29.8 Å². The second-order valence-corrected chi connectivity index (χ2v) is 7.84. The predicted octanol–water partition coefficient (Wildman–Crippen LogP) is 2.74. The molecule has 0 spiro atoms. The average Bonchev–Trinajstić information content (AvgIpc) is 3.26. The molecule has 0 aromatic carbocycles. The van der Waals surface area contributed by atoms with Gasteiger partial charge in [0.2, 0.25) is 5.91 Å². The molecule has 1 aliphatic rings. The SMILES string of the molecule is CC(C)(C)NC(=O)O[C@@H]1CC[C@H](c2cc(NC(=O)Cc3ccon3)n[nH]2)C1. The molecule has 3 rings (SSSR count). The number of rotatable bonds is 5. The Morgan fingerprint density at radius 3 is 2.89 bits per heavy atom. The lowest BCUT2D eigenvalue weighted by atomic mass is 10.0. The molecule has 0 aliphatic heterocycles. The molecule has 27 heavy (non-hydrogen) atoms. The van der Waals surface area contributed by atoms with Crippen molar-refractivity contribution in [1.29, 1.82) is 0 Å². The van der Waals surface area contributed by atoms with Crippen LogP contribution >= 0.6 is 0 Å². The van der Waals surface area contributed by atoms with Crippen LogP contribution in [0.5, 0.6) is 0 Å². The monoisotopic (exact) mass is 375 g/mol. The van der Waals surface area contributed by atoms with E-state index in [0.29, 0.717) is 11.5 Å². The van der Waals surface area contributed by atoms with Crippen LogP contribution in [0.15, 0.2) is 22.9 Å². The van der Waals surface area contributed by atoms with E-state index in [2.05, 4.69) is 26.0 Å². The summed E-state index contributed by atoms with van der Waals surface area (Å²) in [6.45, 7) is 5.73. The van der Waals surface area contributed by atoms with Gasteiger partial charge in [0.05, 0.1) is 12.1 Å². The summed E-state index contributed by atoms with van der Waals surface area (Å²) in [5, 5.41) is 16.4. The van der Waals surface area contributed by atoms with Crippen LogP contribution in [0.4, 0.5) is 10.6 Å². The van der Waals surface area contributed by atoms with Crippen molar-refractivity contribution in [2.24, 2.45) is 0 Å². The minimum Gasteiger partial charge on any atom is -0.446 e. The lowest BCUT2D eigenvalue weighted by Gasteiger charge is -2.22. The lowest BCUT2D eigenvalue weighted by molar-refractivity contribution is -0.115. The third kappa shape index (κ3) is 5.57. The van der Waals surface area contributed by atoms with Crippen LogP contribution in [0.25, 0.3) is 0 Å². The first-order valence-corrected chi connectivity index (χ1v) is 9.02. The highest BCUT2D eigenvalue weighted by Crippen LogP contribution is 2.35. The molecule has 1 fully saturated rings. The van der Waals surface area contributed by atoms with E-state index in [4.69, 9.17) is 9.26 Å². The number of aromatic nitrogens is 3. The molecule has 9 nitrogen and oxygen atoms in total. The number of hydrogen-bond donors (Lipinski definition) is 3. The minimum atomic E-state index is -0.390. The quantitative estimate of drug-likeness (QED) is 0.738. The Bertz CT molecular complexity index is 778. The zero-order valence-corrected chi connectivity index (χ0v) is 15.7. The highest BCUT2D eigenvalue weighted by molar-refractivity contribution is 5.91. The van der Waals surface area contributed by atoms with Gasteiger partial charge in [-0.05, 0) is 40.0 Å². The van der Waals surface area contributed by atoms with Crippen molar-refractivity contribution >= 4 is 17.8 Å². The van der Waals surface area contributed by atoms with E-state index in [1.54, 1.807) is 6.07 Å². The molecule has 0 radical (unpaired) electrons. The average molecular weight is 375 g/mol. The van der Waals surface area contributed by atoms with Gasteiger partial charge in [-0.25, -0.2) is 4.79 Å². The van der Waals surface area contributed by atoms with Crippen molar-refractivity contribution < 1.29 is 18.8 Å². The molecule has 2 aromatic heterocycles. The first-order chi connectivity index (χ1) is 12.8. The third-order valence-electron chi connectivity index (χ3n) is 4.27. The number of ether oxygens (including phenoxy) is 1. The summed E-state index contributed by atoms with van der Waals surface area (Å²) in [7, 11) is 0. The molecule has 0 saturated heterocycles. The highest BCUT2D eigenvalue weighted by atomic mass is 16.6. The maximum atomic E-state index is 12.0. The molecule has 1 aliphatic carbocycles. The van der Waals surface area contributed by atoms with Gasteiger partial charge in [0.25, 0.3) is 0 Å². The maximum Gasteiger partial charge on any atom is 0.407 e. The summed E-state index contributed by atoms with van der Waals surface area (Å²) in [5.74, 6) is 0.466. The summed E-state index contributed by atoms with van der Waals surface area (Å²) in [4.78, 5) is 23.9. The van der Waals surface area contributed by atoms with Crippen LogP contribution in [0.2, 0.25) is 0 Å². The van der Waals surface area contributed by atoms with Gasteiger partial charge in [0.15, 0.2) is 5.82 Å². The van der Waals surface area contributed by atoms with Crippen LogP contribution in [-0.2, 0) is 16.0 Å². The number of amides is 2. The molecule has 2 atom stereocenters. The van der Waals surface area contributed by atoms with E-state index in [1.807, 2.05) is 26.8 Å². The van der Waals surface area contributed by atoms with E-state index in [9.17, 15) is 9.59 Å². The van der Waals surface area contributed by atoms with Gasteiger partial charge in [0, 0.05) is 29.3 Å². The van der Waals surface area contributed by atoms with Crippen LogP contribution < -0.4 is 10.6 Å². The number of nitrogens with zero attached hydrogens (tertiary/aromatic N) is 2. The molecule has 9 heteroatoms. The smallest absolute Gasteiger partial charge is 0.407 e. The van der Waals surface area contributed by atoms with Gasteiger partial charge >= 0.3 is 6.09 Å². The molecular weight excluding hydrogens is 350 g/mol. The highest BCUT2D eigenvalue weighted by Gasteiger charge is 2.30. The van der Waals surface area contributed by atoms with Gasteiger partial charge in [-0.3, -0.25) is 9.89 Å². The minimum absolute atomic E-state index is 0.120. The molecule has 1 saturated carbocycles. The first kappa shape index (κ1) is 18.9. The van der Waals surface area contributed by atoms with Gasteiger partial charge in [0.1, 0.15) is 12.4 Å². The van der Waals surface area contributed by atoms with Crippen LogP contribution in [0.1, 0.15) is 57.3 Å². The molecule has 0 bridgehead atoms. The van der Waals surface area contributed by atoms with E-state index in [-0.39, 0.29) is 29.9 Å². The van der Waals surface area contributed by atoms with Gasteiger partial charge in [-0.1, -0.05) is 5.16 Å². The van der Waals surface area contributed by atoms with Crippen molar-refractivity contribution in [3.8, 4) is 0 Å². The molecule has 3 N–H and O–H groups in total. The summed E-state index contributed by atoms with van der Waals surface area (Å²) >= 11 is 0. The fourth-order valence-electron chi connectivity index (χ4n) is 3.11. The Kier molecular flexibility index (Phi) is 5.48. The number of H-pyrrole nitrogens is 1. The van der Waals surface area contributed by atoms with E-state index >= 15 is 0 Å². The van der Waals surface area contributed by atoms with Crippen LogP contribution in [0, 0.1) is 0 Å². The maximum absolute atomic E-state index is 12.0. The van der Waals surface area contributed by atoms with E-state index < -0.39 is 6.09 Å². The fraction of sp³-hybridized carbons (Fsp3) is 0.556. The van der Waals surface area contributed by atoms with E-state index in [1.165, 1.54) is 6.26 Å². The Morgan fingerprint density at radius 1 is 1.37 bits per heavy atom. The Morgan fingerprint density at radius 2 is 2.19 bits per heavy atom. The molecule has 2 heterocycles. The normalized spacial score (nSPS) is 19.7. The standard InChI is InChI=1S/C18H25N5O4/c1-18(2,3)20-17(25)27-13-5-4-11(8-13)14-10-15(22-21-14)19-16(24)9-12-6-7-26-23-12/h6-7,10-11,13H,4-5,8-9H2,1-3H3,(H,20,25)(H2,19,21,22,24)/t11-,13+/m0/s1. The van der Waals surface area contributed by atoms with Crippen molar-refractivity contribution in [2.75, 3.05) is 5.32 Å². The summed E-state index contributed by atoms with van der Waals surface area (Å²) in [6.07, 6.45) is 3.46. The van der Waals surface area contributed by atoms with Gasteiger partial charge in [-0.15, -0.1) is 0 Å². The molecule has 146 valence electrons. The number of carbonyl (C=O) groups is 2. The summed E-state index contributed by atoms with van der Waals surface area (Å²) in [5.41, 5.74) is 1.17. The third-order valence-corrected chi connectivity index (χ3v) is 4.27. The first-order valence-electron chi connectivity index (χ1n) is 9.02. The number of alkyl carbamates (subject to hydrolysis) is 1. The Hall–Kier alpha value is -2.84. The Balaban J connectivity index is 1.48. The second-order valence-electron chi connectivity index (χ2n) is 7.84. The second kappa shape index (κ2) is 7.81. The van der Waals surface area contributed by atoms with Crippen LogP contribution in [-0.4, -0.2) is 39.0 Å². The number of carbonyl (C=O) groups excluding carboxylic acids is 2. The number of hydrogen-bond acceptors (Lipinski definition) is 6. The zero-order valence-electron chi connectivity index (χ0n) is 15.7. The van der Waals surface area contributed by atoms with Crippen molar-refractivity contribution in [3.63, 3.8) is 0 Å². The number of aromatic amines is 1. The topological polar surface area (TPSA) is 122 Å². The van der Waals surface area contributed by atoms with Gasteiger partial charge in [-0.2, -0.15) is 5.10 Å².